The largest absolute Gasteiger partial charge is 0.300 e. The molecule has 0 radical (unpaired) electrons. The van der Waals surface area contributed by atoms with Crippen LogP contribution in [0.15, 0.2) is 63.3 Å². The van der Waals surface area contributed by atoms with E-state index in [0.29, 0.717) is 15.8 Å². The zero-order valence-electron chi connectivity index (χ0n) is 12.2. The van der Waals surface area contributed by atoms with Crippen molar-refractivity contribution < 1.29 is 9.18 Å². The van der Waals surface area contributed by atoms with E-state index in [0.717, 1.165) is 5.56 Å². The summed E-state index contributed by atoms with van der Waals surface area (Å²) in [4.78, 5) is 18.1. The van der Waals surface area contributed by atoms with Crippen LogP contribution in [0.1, 0.15) is 5.56 Å². The molecule has 6 heteroatoms. The Balaban J connectivity index is 1.78. The Labute approximate surface area is 142 Å². The molecule has 0 saturated carbocycles. The van der Waals surface area contributed by atoms with Gasteiger partial charge in [-0.15, -0.1) is 11.8 Å². The van der Waals surface area contributed by atoms with Crippen LogP contribution >= 0.6 is 23.5 Å². The van der Waals surface area contributed by atoms with Gasteiger partial charge in [0.15, 0.2) is 5.17 Å². The van der Waals surface area contributed by atoms with Crippen molar-refractivity contribution in [3.8, 4) is 0 Å². The number of amidine groups is 1. The Morgan fingerprint density at radius 2 is 1.83 bits per heavy atom. The van der Waals surface area contributed by atoms with Crippen molar-refractivity contribution in [1.82, 2.24) is 5.32 Å². The Hall–Kier alpha value is -2.05. The maximum Gasteiger partial charge on any atom is 0.264 e. The van der Waals surface area contributed by atoms with Crippen molar-refractivity contribution in [1.29, 1.82) is 0 Å². The molecule has 3 nitrogen and oxygen atoms in total. The van der Waals surface area contributed by atoms with Crippen LogP contribution in [0.4, 0.5) is 10.1 Å². The number of benzene rings is 2. The molecule has 1 aliphatic rings. The highest BCUT2D eigenvalue weighted by Crippen LogP contribution is 2.28. The first-order valence-electron chi connectivity index (χ1n) is 6.83. The van der Waals surface area contributed by atoms with Gasteiger partial charge in [-0.25, -0.2) is 9.38 Å². The summed E-state index contributed by atoms with van der Waals surface area (Å²) < 4.78 is 12.9. The van der Waals surface area contributed by atoms with Crippen LogP contribution in [-0.4, -0.2) is 17.3 Å². The first-order chi connectivity index (χ1) is 11.1. The van der Waals surface area contributed by atoms with Crippen LogP contribution < -0.4 is 5.32 Å². The Morgan fingerprint density at radius 1 is 1.13 bits per heavy atom. The number of carbonyl (C=O) groups is 1. The third-order valence-corrected chi connectivity index (χ3v) is 4.78. The summed E-state index contributed by atoms with van der Waals surface area (Å²) in [5.41, 5.74) is 1.56. The lowest BCUT2D eigenvalue weighted by molar-refractivity contribution is -0.115. The number of rotatable bonds is 3. The van der Waals surface area contributed by atoms with Crippen molar-refractivity contribution in [2.45, 2.75) is 4.90 Å². The molecule has 3 rings (SSSR count). The molecule has 1 aliphatic heterocycles. The van der Waals surface area contributed by atoms with Gasteiger partial charge in [0, 0.05) is 4.90 Å². The molecule has 0 aromatic heterocycles. The van der Waals surface area contributed by atoms with Gasteiger partial charge in [0.2, 0.25) is 0 Å². The molecule has 0 aliphatic carbocycles. The van der Waals surface area contributed by atoms with Crippen LogP contribution in [0.2, 0.25) is 0 Å². The predicted molar refractivity (Wildman–Crippen MR) is 95.4 cm³/mol. The fraction of sp³-hybridized carbons (Fsp3) is 0.0588. The maximum absolute atomic E-state index is 12.9. The average Bonchev–Trinajstić information content (AvgIpc) is 2.90. The van der Waals surface area contributed by atoms with E-state index in [2.05, 4.69) is 10.3 Å². The fourth-order valence-electron chi connectivity index (χ4n) is 1.96. The van der Waals surface area contributed by atoms with Crippen LogP contribution in [0.25, 0.3) is 6.08 Å². The number of amides is 1. The molecule has 2 aromatic rings. The number of nitrogens with zero attached hydrogens (tertiary/aromatic N) is 1. The molecule has 1 amide bonds. The smallest absolute Gasteiger partial charge is 0.264 e. The van der Waals surface area contributed by atoms with Gasteiger partial charge in [-0.2, -0.15) is 0 Å². The topological polar surface area (TPSA) is 41.5 Å². The minimum Gasteiger partial charge on any atom is -0.300 e. The molecule has 116 valence electrons. The Bertz CT molecular complexity index is 783. The third-order valence-electron chi connectivity index (χ3n) is 3.12. The van der Waals surface area contributed by atoms with Gasteiger partial charge in [0.05, 0.1) is 10.6 Å². The summed E-state index contributed by atoms with van der Waals surface area (Å²) >= 11 is 2.95. The summed E-state index contributed by atoms with van der Waals surface area (Å²) in [6.07, 6.45) is 3.85. The summed E-state index contributed by atoms with van der Waals surface area (Å²) in [7, 11) is 0. The predicted octanol–water partition coefficient (Wildman–Crippen LogP) is 4.44. The van der Waals surface area contributed by atoms with E-state index in [-0.39, 0.29) is 11.7 Å². The normalized spacial score (nSPS) is 17.7. The number of halogens is 1. The summed E-state index contributed by atoms with van der Waals surface area (Å²) in [5.74, 6) is -0.490. The van der Waals surface area contributed by atoms with Gasteiger partial charge in [-0.3, -0.25) is 4.79 Å². The molecule has 0 unspecified atom stereocenters. The Kier molecular flexibility index (Phi) is 4.83. The van der Waals surface area contributed by atoms with Crippen molar-refractivity contribution >= 4 is 46.4 Å². The molecule has 2 aromatic carbocycles. The quantitative estimate of drug-likeness (QED) is 0.661. The van der Waals surface area contributed by atoms with Crippen LogP contribution in [-0.2, 0) is 4.79 Å². The van der Waals surface area contributed by atoms with Crippen molar-refractivity contribution in [2.75, 3.05) is 6.26 Å². The van der Waals surface area contributed by atoms with E-state index in [1.807, 2.05) is 36.6 Å². The molecule has 0 spiro atoms. The fourth-order valence-corrected chi connectivity index (χ4v) is 3.21. The second-order valence-electron chi connectivity index (χ2n) is 4.73. The van der Waals surface area contributed by atoms with Gasteiger partial charge < -0.3 is 5.32 Å². The summed E-state index contributed by atoms with van der Waals surface area (Å²) in [5, 5.41) is 3.21. The van der Waals surface area contributed by atoms with Gasteiger partial charge in [0.25, 0.3) is 5.91 Å². The van der Waals surface area contributed by atoms with Gasteiger partial charge in [-0.1, -0.05) is 12.1 Å². The van der Waals surface area contributed by atoms with E-state index in [9.17, 15) is 9.18 Å². The zero-order valence-corrected chi connectivity index (χ0v) is 13.9. The second-order valence-corrected chi connectivity index (χ2v) is 6.64. The van der Waals surface area contributed by atoms with E-state index >= 15 is 0 Å². The van der Waals surface area contributed by atoms with Crippen LogP contribution in [0.3, 0.4) is 0 Å². The standard InChI is InChI=1S/C17H13FN2OS2/c1-22-14-8-2-11(3-9-14)10-15-16(21)20-17(23-15)19-13-6-4-12(18)5-7-13/h2-10H,1H3,(H,19,20,21)/b15-10+. The molecule has 1 fully saturated rings. The highest BCUT2D eigenvalue weighted by Gasteiger charge is 2.23. The van der Waals surface area contributed by atoms with Gasteiger partial charge >= 0.3 is 0 Å². The van der Waals surface area contributed by atoms with E-state index < -0.39 is 0 Å². The molecule has 1 heterocycles. The lowest BCUT2D eigenvalue weighted by atomic mass is 10.2. The number of thioether (sulfide) groups is 2. The molecular formula is C17H13FN2OS2. The van der Waals surface area contributed by atoms with E-state index in [1.165, 1.54) is 28.8 Å². The SMILES string of the molecule is CSc1ccc(/C=C2/SC(=Nc3ccc(F)cc3)NC2=O)cc1. The number of nitrogens with one attached hydrogen (secondary N) is 1. The number of hydrogen-bond acceptors (Lipinski definition) is 4. The number of hydrogen-bond donors (Lipinski definition) is 1. The minimum absolute atomic E-state index is 0.176. The third kappa shape index (κ3) is 4.03. The lowest BCUT2D eigenvalue weighted by Crippen LogP contribution is -2.19. The average molecular weight is 344 g/mol. The van der Waals surface area contributed by atoms with Gasteiger partial charge in [0.1, 0.15) is 5.82 Å². The molecule has 0 bridgehead atoms. The first kappa shape index (κ1) is 15.8. The molecule has 1 saturated heterocycles. The number of carbonyl (C=O) groups excluding carboxylic acids is 1. The monoisotopic (exact) mass is 344 g/mol. The molecule has 23 heavy (non-hydrogen) atoms. The van der Waals surface area contributed by atoms with Crippen molar-refractivity contribution in [3.63, 3.8) is 0 Å². The number of aliphatic imine (C=N–C) groups is 1. The molecule has 1 N–H and O–H groups in total. The second kappa shape index (κ2) is 7.02. The van der Waals surface area contributed by atoms with Crippen LogP contribution in [0, 0.1) is 5.82 Å². The summed E-state index contributed by atoms with van der Waals surface area (Å²) in [6.45, 7) is 0. The zero-order chi connectivity index (χ0) is 16.2. The maximum atomic E-state index is 12.9. The highest BCUT2D eigenvalue weighted by molar-refractivity contribution is 8.18. The summed E-state index contributed by atoms with van der Waals surface area (Å²) in [6, 6.07) is 13.8. The molecule has 0 atom stereocenters. The first-order valence-corrected chi connectivity index (χ1v) is 8.87. The molecular weight excluding hydrogens is 331 g/mol. The Morgan fingerprint density at radius 3 is 2.48 bits per heavy atom. The van der Waals surface area contributed by atoms with Crippen molar-refractivity contribution in [3.05, 3.63) is 64.8 Å². The highest BCUT2D eigenvalue weighted by atomic mass is 32.2. The van der Waals surface area contributed by atoms with E-state index in [4.69, 9.17) is 0 Å². The van der Waals surface area contributed by atoms with E-state index in [1.54, 1.807) is 23.9 Å². The van der Waals surface area contributed by atoms with Gasteiger partial charge in [-0.05, 0) is 66.1 Å². The minimum atomic E-state index is -0.314. The van der Waals surface area contributed by atoms with Crippen molar-refractivity contribution in [2.24, 2.45) is 4.99 Å². The van der Waals surface area contributed by atoms with Crippen LogP contribution in [0.5, 0.6) is 0 Å². The lowest BCUT2D eigenvalue weighted by Gasteiger charge is -1.98.